The molecule has 0 spiro atoms. The number of aromatic hydroxyl groups is 1. The number of anilines is 1. The summed E-state index contributed by atoms with van der Waals surface area (Å²) >= 11 is 0. The van der Waals surface area contributed by atoms with Gasteiger partial charge in [0.05, 0.1) is 22.2 Å². The molecular formula is C36H38F2N6O2. The van der Waals surface area contributed by atoms with Crippen molar-refractivity contribution in [1.82, 2.24) is 25.2 Å². The van der Waals surface area contributed by atoms with Crippen molar-refractivity contribution in [3.8, 4) is 35.4 Å². The van der Waals surface area contributed by atoms with Crippen LogP contribution in [0, 0.1) is 24.0 Å². The first-order chi connectivity index (χ1) is 22.4. The Labute approximate surface area is 267 Å². The molecule has 6 heterocycles. The van der Waals surface area contributed by atoms with E-state index in [1.165, 1.54) is 24.3 Å². The molecule has 3 saturated heterocycles. The van der Waals surface area contributed by atoms with Gasteiger partial charge in [-0.1, -0.05) is 18.9 Å². The molecule has 46 heavy (non-hydrogen) atoms. The Morgan fingerprint density at radius 1 is 1.11 bits per heavy atom. The fourth-order valence-electron chi connectivity index (χ4n) is 8.41. The molecule has 4 aliphatic heterocycles. The van der Waals surface area contributed by atoms with Gasteiger partial charge in [-0.15, -0.1) is 6.42 Å². The number of pyridine rings is 1. The van der Waals surface area contributed by atoms with Gasteiger partial charge in [-0.2, -0.15) is 9.97 Å². The molecule has 4 aromatic rings. The molecule has 0 unspecified atom stereocenters. The number of halogens is 2. The largest absolute Gasteiger partial charge is 0.508 e. The monoisotopic (exact) mass is 624 g/mol. The van der Waals surface area contributed by atoms with Gasteiger partial charge >= 0.3 is 6.01 Å². The number of piperazine rings is 1. The van der Waals surface area contributed by atoms with Crippen molar-refractivity contribution in [2.45, 2.75) is 75.9 Å². The van der Waals surface area contributed by atoms with Crippen LogP contribution in [0.3, 0.4) is 0 Å². The van der Waals surface area contributed by atoms with Crippen LogP contribution in [0.4, 0.5) is 14.6 Å². The van der Waals surface area contributed by atoms with Crippen LogP contribution in [0.5, 0.6) is 11.8 Å². The van der Waals surface area contributed by atoms with Crippen LogP contribution in [0.25, 0.3) is 32.9 Å². The van der Waals surface area contributed by atoms with E-state index >= 15 is 4.39 Å². The van der Waals surface area contributed by atoms with E-state index in [0.29, 0.717) is 40.7 Å². The number of ether oxygens (including phenoxy) is 1. The Balaban J connectivity index is 1.35. The van der Waals surface area contributed by atoms with Crippen molar-refractivity contribution in [2.75, 3.05) is 37.7 Å². The molecule has 2 aromatic carbocycles. The minimum atomic E-state index is -0.674. The lowest BCUT2D eigenvalue weighted by molar-refractivity contribution is 0.108. The maximum Gasteiger partial charge on any atom is 0.319 e. The normalized spacial score (nSPS) is 22.3. The first-order valence-electron chi connectivity index (χ1n) is 16.6. The summed E-state index contributed by atoms with van der Waals surface area (Å²) in [5, 5.41) is 15.8. The summed E-state index contributed by atoms with van der Waals surface area (Å²) in [4.78, 5) is 19.5. The van der Waals surface area contributed by atoms with Gasteiger partial charge in [0.25, 0.3) is 0 Å². The maximum atomic E-state index is 17.1. The van der Waals surface area contributed by atoms with E-state index in [1.807, 2.05) is 0 Å². The topological polar surface area (TPSA) is 86.6 Å². The quantitative estimate of drug-likeness (QED) is 0.273. The zero-order valence-electron chi connectivity index (χ0n) is 26.1. The molecule has 0 aliphatic carbocycles. The van der Waals surface area contributed by atoms with Crippen molar-refractivity contribution in [1.29, 1.82) is 0 Å². The Hall–Kier alpha value is -4.07. The van der Waals surface area contributed by atoms with Gasteiger partial charge in [-0.25, -0.2) is 13.8 Å². The zero-order chi connectivity index (χ0) is 31.6. The van der Waals surface area contributed by atoms with Crippen molar-refractivity contribution in [3.05, 3.63) is 47.2 Å². The third kappa shape index (κ3) is 4.66. The summed E-state index contributed by atoms with van der Waals surface area (Å²) in [5.74, 6) is 1.72. The highest BCUT2D eigenvalue weighted by molar-refractivity contribution is 6.03. The SMILES string of the molecule is C#Cc1c(F)ccc2cc(O)cc(-c3nc4c5c(nc(OCC67CCCN6CCC7)nc5c3F)N3C[C@@H](CC)NC[C@H]3CCC4)c12. The number of aromatic nitrogens is 3. The average Bonchev–Trinajstić information content (AvgIpc) is 3.64. The van der Waals surface area contributed by atoms with Crippen LogP contribution in [0.1, 0.15) is 63.1 Å². The molecule has 3 fully saturated rings. The molecule has 0 radical (unpaired) electrons. The van der Waals surface area contributed by atoms with Crippen molar-refractivity contribution in [2.24, 2.45) is 0 Å². The standard InChI is InChI=1S/C36H38F2N6O2/c1-3-22-19-44-23(18-39-22)8-5-9-28-30-33(41-35(42-34(30)44)46-20-36-12-6-14-43(36)15-7-13-36)31(38)32(40-28)26-17-24(45)16-21-10-11-27(37)25(4-2)29(21)26/h2,10-11,16-17,22-23,39,45H,3,5-9,12-15,18-20H2,1H3/t22-,23-/m1/s1. The molecule has 0 bridgehead atoms. The molecule has 238 valence electrons. The molecule has 8 nitrogen and oxygen atoms in total. The van der Waals surface area contributed by atoms with Crippen molar-refractivity contribution >= 4 is 27.5 Å². The number of aryl methyl sites for hydroxylation is 1. The number of nitrogens with one attached hydrogen (secondary N) is 1. The van der Waals surface area contributed by atoms with E-state index in [0.717, 1.165) is 71.1 Å². The average molecular weight is 625 g/mol. The fraction of sp³-hybridized carbons (Fsp3) is 0.472. The van der Waals surface area contributed by atoms with Gasteiger partial charge in [0.2, 0.25) is 0 Å². The lowest BCUT2D eigenvalue weighted by atomic mass is 9.94. The minimum absolute atomic E-state index is 0.00457. The van der Waals surface area contributed by atoms with E-state index in [-0.39, 0.29) is 51.7 Å². The molecule has 10 heteroatoms. The van der Waals surface area contributed by atoms with Gasteiger partial charge in [0.15, 0.2) is 5.82 Å². The lowest BCUT2D eigenvalue weighted by Gasteiger charge is -2.42. The van der Waals surface area contributed by atoms with Crippen LogP contribution >= 0.6 is 0 Å². The highest BCUT2D eigenvalue weighted by atomic mass is 19.1. The molecule has 0 amide bonds. The van der Waals surface area contributed by atoms with Crippen LogP contribution < -0.4 is 15.0 Å². The lowest BCUT2D eigenvalue weighted by Crippen LogP contribution is -2.57. The maximum absolute atomic E-state index is 17.1. The van der Waals surface area contributed by atoms with E-state index in [4.69, 9.17) is 26.1 Å². The Kier molecular flexibility index (Phi) is 7.22. The van der Waals surface area contributed by atoms with Crippen molar-refractivity contribution in [3.63, 3.8) is 0 Å². The molecular weight excluding hydrogens is 586 g/mol. The van der Waals surface area contributed by atoms with Crippen LogP contribution in [0.15, 0.2) is 24.3 Å². The van der Waals surface area contributed by atoms with Crippen LogP contribution in [0.2, 0.25) is 0 Å². The number of benzene rings is 2. The summed E-state index contributed by atoms with van der Waals surface area (Å²) in [6, 6.07) is 6.30. The molecule has 2 atom stereocenters. The first kappa shape index (κ1) is 29.3. The summed E-state index contributed by atoms with van der Waals surface area (Å²) in [6.07, 6.45) is 13.5. The predicted octanol–water partition coefficient (Wildman–Crippen LogP) is 5.71. The van der Waals surface area contributed by atoms with Gasteiger partial charge in [0.1, 0.15) is 35.2 Å². The van der Waals surface area contributed by atoms with E-state index in [2.05, 4.69) is 28.0 Å². The van der Waals surface area contributed by atoms with Gasteiger partial charge < -0.3 is 20.1 Å². The molecule has 2 aromatic heterocycles. The van der Waals surface area contributed by atoms with Crippen LogP contribution in [-0.4, -0.2) is 75.4 Å². The molecule has 2 N–H and O–H groups in total. The second-order valence-electron chi connectivity index (χ2n) is 13.4. The highest BCUT2D eigenvalue weighted by Crippen LogP contribution is 2.43. The minimum Gasteiger partial charge on any atom is -0.508 e. The third-order valence-electron chi connectivity index (χ3n) is 10.8. The number of nitrogens with zero attached hydrogens (tertiary/aromatic N) is 5. The van der Waals surface area contributed by atoms with Gasteiger partial charge in [0, 0.05) is 36.1 Å². The number of hydrogen-bond acceptors (Lipinski definition) is 8. The van der Waals surface area contributed by atoms with Gasteiger partial charge in [-0.05, 0) is 88.0 Å². The number of phenols is 1. The predicted molar refractivity (Wildman–Crippen MR) is 174 cm³/mol. The second-order valence-corrected chi connectivity index (χ2v) is 13.4. The Bertz CT molecular complexity index is 1900. The number of hydrogen-bond donors (Lipinski definition) is 2. The van der Waals surface area contributed by atoms with Crippen molar-refractivity contribution < 1.29 is 18.6 Å². The molecule has 0 saturated carbocycles. The molecule has 8 rings (SSSR count). The van der Waals surface area contributed by atoms with E-state index in [9.17, 15) is 9.50 Å². The smallest absolute Gasteiger partial charge is 0.319 e. The highest BCUT2D eigenvalue weighted by Gasteiger charge is 2.45. The van der Waals surface area contributed by atoms with Crippen LogP contribution in [-0.2, 0) is 6.42 Å². The first-order valence-corrected chi connectivity index (χ1v) is 16.6. The number of fused-ring (bicyclic) bond motifs is 4. The summed E-state index contributed by atoms with van der Waals surface area (Å²) in [7, 11) is 0. The second kappa shape index (κ2) is 11.3. The third-order valence-corrected chi connectivity index (χ3v) is 10.8. The molecule has 4 aliphatic rings. The Morgan fingerprint density at radius 3 is 2.72 bits per heavy atom. The number of rotatable bonds is 5. The van der Waals surface area contributed by atoms with E-state index < -0.39 is 11.6 Å². The summed E-state index contributed by atoms with van der Waals surface area (Å²) in [6.45, 7) is 6.30. The number of terminal acetylenes is 1. The van der Waals surface area contributed by atoms with Gasteiger partial charge in [-0.3, -0.25) is 4.90 Å². The Morgan fingerprint density at radius 2 is 1.93 bits per heavy atom. The van der Waals surface area contributed by atoms with E-state index in [1.54, 1.807) is 0 Å². The fourth-order valence-corrected chi connectivity index (χ4v) is 8.41. The summed E-state index contributed by atoms with van der Waals surface area (Å²) in [5.41, 5.74) is 0.953. The zero-order valence-corrected chi connectivity index (χ0v) is 26.1. The summed E-state index contributed by atoms with van der Waals surface area (Å²) < 4.78 is 38.6. The number of phenolic OH excluding ortho intramolecular Hbond substituents is 1.